The third-order valence-electron chi connectivity index (χ3n) is 6.72. The number of nitrogens with one attached hydrogen (secondary N) is 1. The van der Waals surface area contributed by atoms with Gasteiger partial charge in [-0.05, 0) is 66.9 Å². The van der Waals surface area contributed by atoms with Crippen LogP contribution in [0.25, 0.3) is 0 Å². The first-order valence-corrected chi connectivity index (χ1v) is 14.0. The van der Waals surface area contributed by atoms with Crippen molar-refractivity contribution in [1.82, 2.24) is 10.2 Å². The van der Waals surface area contributed by atoms with E-state index in [9.17, 15) is 24.3 Å². The summed E-state index contributed by atoms with van der Waals surface area (Å²) in [5, 5.41) is 15.2. The lowest BCUT2D eigenvalue weighted by Crippen LogP contribution is -2.71. The van der Waals surface area contributed by atoms with Gasteiger partial charge in [-0.1, -0.05) is 30.3 Å². The highest BCUT2D eigenvalue weighted by Gasteiger charge is 2.64. The van der Waals surface area contributed by atoms with Gasteiger partial charge in [-0.15, -0.1) is 11.8 Å². The van der Waals surface area contributed by atoms with Crippen LogP contribution in [-0.4, -0.2) is 56.0 Å². The number of thioether (sulfide) groups is 1. The Morgan fingerprint density at radius 3 is 2.33 bits per heavy atom. The van der Waals surface area contributed by atoms with Crippen molar-refractivity contribution in [3.63, 3.8) is 0 Å². The van der Waals surface area contributed by atoms with Crippen LogP contribution in [0.1, 0.15) is 30.9 Å². The highest BCUT2D eigenvalue weighted by molar-refractivity contribution is 8.01. The maximum absolute atomic E-state index is 13.5. The lowest BCUT2D eigenvalue weighted by molar-refractivity contribution is -0.161. The van der Waals surface area contributed by atoms with E-state index in [0.29, 0.717) is 17.1 Å². The molecule has 0 spiro atoms. The molecule has 4 atom stereocenters. The van der Waals surface area contributed by atoms with Gasteiger partial charge in [0.15, 0.2) is 17.4 Å². The minimum absolute atomic E-state index is 0.141. The number of β-lactam (4-membered cyclic amide) rings is 1. The number of para-hydroxylation sites is 3. The van der Waals surface area contributed by atoms with Gasteiger partial charge >= 0.3 is 11.9 Å². The number of esters is 1. The molecule has 2 aliphatic rings. The molecular formula is C28H26N2O7S2. The largest absolute Gasteiger partial charge is 0.480 e. The molecule has 2 fully saturated rings. The van der Waals surface area contributed by atoms with E-state index >= 15 is 0 Å². The summed E-state index contributed by atoms with van der Waals surface area (Å²) in [5.41, 5.74) is 1.32. The Morgan fingerprint density at radius 2 is 1.69 bits per heavy atom. The lowest BCUT2D eigenvalue weighted by Gasteiger charge is -2.43. The molecule has 0 saturated carbocycles. The van der Waals surface area contributed by atoms with Crippen molar-refractivity contribution in [3.8, 4) is 17.2 Å². The molecule has 39 heavy (non-hydrogen) atoms. The van der Waals surface area contributed by atoms with Crippen LogP contribution in [0.2, 0.25) is 0 Å². The molecule has 1 unspecified atom stereocenters. The van der Waals surface area contributed by atoms with Crippen LogP contribution < -0.4 is 14.8 Å². The monoisotopic (exact) mass is 566 g/mol. The standard InChI is InChI=1S/C28H26N2O7S2/c1-15-8-4-5-9-17(15)36-18-10-6-7-11-19(18)37-27(35)20(16-12-13-38-14-16)23(31)29-21-24(32)30-22(26(33)34)28(2,3)39-25(21)30/h4-14,20-22,25H,1-3H3,(H,29,31)(H,33,34)/t20?,21-,22-,25+/m0/s1. The number of thiophene rings is 1. The van der Waals surface area contributed by atoms with Crippen molar-refractivity contribution >= 4 is 46.9 Å². The molecule has 2 saturated heterocycles. The minimum atomic E-state index is -1.35. The zero-order chi connectivity index (χ0) is 27.9. The summed E-state index contributed by atoms with van der Waals surface area (Å²) in [6, 6.07) is 13.8. The van der Waals surface area contributed by atoms with E-state index in [2.05, 4.69) is 5.32 Å². The second kappa shape index (κ2) is 10.4. The third kappa shape index (κ3) is 4.99. The van der Waals surface area contributed by atoms with Gasteiger partial charge in [0.2, 0.25) is 11.8 Å². The number of hydrogen-bond donors (Lipinski definition) is 2. The molecule has 9 nitrogen and oxygen atoms in total. The molecule has 3 aromatic rings. The summed E-state index contributed by atoms with van der Waals surface area (Å²) >= 11 is 2.63. The molecule has 5 rings (SSSR count). The molecule has 202 valence electrons. The van der Waals surface area contributed by atoms with Crippen LogP contribution >= 0.6 is 23.1 Å². The Balaban J connectivity index is 1.35. The van der Waals surface area contributed by atoms with Gasteiger partial charge in [0, 0.05) is 4.75 Å². The number of benzene rings is 2. The number of carboxylic acids is 1. The van der Waals surface area contributed by atoms with Gasteiger partial charge in [-0.3, -0.25) is 14.4 Å². The zero-order valence-corrected chi connectivity index (χ0v) is 23.0. The lowest BCUT2D eigenvalue weighted by atomic mass is 9.95. The molecule has 3 heterocycles. The Bertz CT molecular complexity index is 1440. The summed E-state index contributed by atoms with van der Waals surface area (Å²) in [6.07, 6.45) is 0. The number of amides is 2. The van der Waals surface area contributed by atoms with Crippen LogP contribution in [0.4, 0.5) is 0 Å². The number of aryl methyl sites for hydroxylation is 1. The van der Waals surface area contributed by atoms with Crippen LogP contribution in [0, 0.1) is 6.92 Å². The molecule has 2 N–H and O–H groups in total. The third-order valence-corrected chi connectivity index (χ3v) is 8.99. The molecule has 2 amide bonds. The van der Waals surface area contributed by atoms with Crippen LogP contribution in [-0.2, 0) is 19.2 Å². The Hall–Kier alpha value is -3.83. The van der Waals surface area contributed by atoms with Gasteiger partial charge in [0.05, 0.1) is 0 Å². The van der Waals surface area contributed by atoms with E-state index in [-0.39, 0.29) is 5.75 Å². The summed E-state index contributed by atoms with van der Waals surface area (Å²) < 4.78 is 11.0. The quantitative estimate of drug-likeness (QED) is 0.180. The maximum Gasteiger partial charge on any atom is 0.328 e. The maximum atomic E-state index is 13.5. The smallest absolute Gasteiger partial charge is 0.328 e. The second-order valence-electron chi connectivity index (χ2n) is 9.81. The fraction of sp³-hybridized carbons (Fsp3) is 0.286. The first-order valence-electron chi connectivity index (χ1n) is 12.2. The molecule has 2 aromatic carbocycles. The van der Waals surface area contributed by atoms with E-state index in [4.69, 9.17) is 9.47 Å². The Kier molecular flexibility index (Phi) is 7.13. The number of ether oxygens (including phenoxy) is 2. The van der Waals surface area contributed by atoms with E-state index in [1.54, 1.807) is 61.0 Å². The van der Waals surface area contributed by atoms with Gasteiger partial charge < -0.3 is 24.8 Å². The minimum Gasteiger partial charge on any atom is -0.480 e. The first-order chi connectivity index (χ1) is 18.6. The van der Waals surface area contributed by atoms with Crippen LogP contribution in [0.15, 0.2) is 65.4 Å². The number of carboxylic acid groups (broad SMARTS) is 1. The number of aliphatic carboxylic acids is 1. The second-order valence-corrected chi connectivity index (χ2v) is 12.4. The summed E-state index contributed by atoms with van der Waals surface area (Å²) in [7, 11) is 0. The molecule has 0 radical (unpaired) electrons. The van der Waals surface area contributed by atoms with Gasteiger partial charge in [-0.2, -0.15) is 11.3 Å². The molecule has 0 aliphatic carbocycles. The highest BCUT2D eigenvalue weighted by Crippen LogP contribution is 2.51. The normalized spacial score (nSPS) is 21.9. The van der Waals surface area contributed by atoms with E-state index in [1.807, 2.05) is 25.1 Å². The fourth-order valence-corrected chi connectivity index (χ4v) is 7.10. The fourth-order valence-electron chi connectivity index (χ4n) is 4.79. The number of fused-ring (bicyclic) bond motifs is 1. The van der Waals surface area contributed by atoms with Crippen molar-refractivity contribution in [3.05, 3.63) is 76.5 Å². The summed E-state index contributed by atoms with van der Waals surface area (Å²) in [6.45, 7) is 5.40. The average molecular weight is 567 g/mol. The number of hydrogen-bond acceptors (Lipinski definition) is 8. The SMILES string of the molecule is Cc1ccccc1Oc1ccccc1OC(=O)C(C(=O)N[C@H]1C(=O)N2[C@@H]1SC(C)(C)[C@@H]2C(=O)O)c1ccsc1. The average Bonchev–Trinajstić information content (AvgIpc) is 3.49. The summed E-state index contributed by atoms with van der Waals surface area (Å²) in [4.78, 5) is 52.9. The topological polar surface area (TPSA) is 122 Å². The van der Waals surface area contributed by atoms with E-state index in [0.717, 1.165) is 5.56 Å². The predicted octanol–water partition coefficient (Wildman–Crippen LogP) is 4.17. The van der Waals surface area contributed by atoms with Gasteiger partial charge in [0.25, 0.3) is 0 Å². The predicted molar refractivity (Wildman–Crippen MR) is 146 cm³/mol. The zero-order valence-electron chi connectivity index (χ0n) is 21.3. The first kappa shape index (κ1) is 26.8. The van der Waals surface area contributed by atoms with Gasteiger partial charge in [0.1, 0.15) is 23.2 Å². The van der Waals surface area contributed by atoms with Crippen LogP contribution in [0.5, 0.6) is 17.2 Å². The molecule has 11 heteroatoms. The number of carbonyl (C=O) groups is 4. The van der Waals surface area contributed by atoms with Crippen molar-refractivity contribution in [2.24, 2.45) is 0 Å². The Labute approximate surface area is 233 Å². The molecule has 1 aromatic heterocycles. The highest BCUT2D eigenvalue weighted by atomic mass is 32.2. The van der Waals surface area contributed by atoms with Crippen LogP contribution in [0.3, 0.4) is 0 Å². The van der Waals surface area contributed by atoms with Crippen molar-refractivity contribution < 1.29 is 33.8 Å². The number of carbonyl (C=O) groups excluding carboxylic acids is 3. The molecular weight excluding hydrogens is 540 g/mol. The summed E-state index contributed by atoms with van der Waals surface area (Å²) in [5.74, 6) is -3.44. The molecule has 0 bridgehead atoms. The van der Waals surface area contributed by atoms with Crippen molar-refractivity contribution in [2.75, 3.05) is 0 Å². The Morgan fingerprint density at radius 1 is 1.03 bits per heavy atom. The van der Waals surface area contributed by atoms with Gasteiger partial charge in [-0.25, -0.2) is 4.79 Å². The number of nitrogens with zero attached hydrogens (tertiary/aromatic N) is 1. The van der Waals surface area contributed by atoms with Crippen molar-refractivity contribution in [1.29, 1.82) is 0 Å². The van der Waals surface area contributed by atoms with E-state index < -0.39 is 51.9 Å². The van der Waals surface area contributed by atoms with Crippen molar-refractivity contribution in [2.45, 2.75) is 48.9 Å². The number of rotatable bonds is 8. The van der Waals surface area contributed by atoms with E-state index in [1.165, 1.54) is 28.0 Å². The molecule has 2 aliphatic heterocycles.